The number of ether oxygens (including phenoxy) is 1. The van der Waals surface area contributed by atoms with Gasteiger partial charge in [0.2, 0.25) is 0 Å². The summed E-state index contributed by atoms with van der Waals surface area (Å²) in [5.41, 5.74) is 1.79. The zero-order chi connectivity index (χ0) is 18.8. The molecule has 0 bridgehead atoms. The molecule has 0 saturated carbocycles. The SMILES string of the molecule is CC(NC(=O)n1sc2ncccc2c1=O)c1ccc(N2CCOCC2)cc1. The van der Waals surface area contributed by atoms with E-state index in [0.717, 1.165) is 53.0 Å². The summed E-state index contributed by atoms with van der Waals surface area (Å²) in [5, 5.41) is 3.34. The summed E-state index contributed by atoms with van der Waals surface area (Å²) in [4.78, 5) is 31.9. The highest BCUT2D eigenvalue weighted by molar-refractivity contribution is 7.14. The number of morpholine rings is 1. The predicted octanol–water partition coefficient (Wildman–Crippen LogP) is 2.61. The molecule has 8 heteroatoms. The zero-order valence-corrected chi connectivity index (χ0v) is 15.7. The third-order valence-electron chi connectivity index (χ3n) is 4.66. The Bertz CT molecular complexity index is 1010. The highest BCUT2D eigenvalue weighted by atomic mass is 32.1. The van der Waals surface area contributed by atoms with Crippen LogP contribution in [-0.2, 0) is 4.74 Å². The van der Waals surface area contributed by atoms with Crippen molar-refractivity contribution in [1.82, 2.24) is 14.3 Å². The summed E-state index contributed by atoms with van der Waals surface area (Å²) in [6.45, 7) is 5.15. The molecule has 1 unspecified atom stereocenters. The lowest BCUT2D eigenvalue weighted by Gasteiger charge is -2.29. The van der Waals surface area contributed by atoms with Gasteiger partial charge in [-0.2, -0.15) is 3.96 Å². The minimum Gasteiger partial charge on any atom is -0.378 e. The van der Waals surface area contributed by atoms with Crippen LogP contribution in [0.25, 0.3) is 10.2 Å². The van der Waals surface area contributed by atoms with E-state index in [1.807, 2.05) is 19.1 Å². The first-order valence-corrected chi connectivity index (χ1v) is 9.61. The Morgan fingerprint density at radius 1 is 1.22 bits per heavy atom. The Morgan fingerprint density at radius 2 is 1.96 bits per heavy atom. The van der Waals surface area contributed by atoms with Crippen molar-refractivity contribution >= 4 is 33.5 Å². The first-order chi connectivity index (χ1) is 13.1. The molecular weight excluding hydrogens is 364 g/mol. The van der Waals surface area contributed by atoms with Crippen molar-refractivity contribution in [2.45, 2.75) is 13.0 Å². The fraction of sp³-hybridized carbons (Fsp3) is 0.316. The van der Waals surface area contributed by atoms with Crippen LogP contribution < -0.4 is 15.8 Å². The van der Waals surface area contributed by atoms with E-state index in [4.69, 9.17) is 4.74 Å². The summed E-state index contributed by atoms with van der Waals surface area (Å²) >= 11 is 1.05. The Labute approximate surface area is 160 Å². The maximum absolute atomic E-state index is 12.5. The zero-order valence-electron chi connectivity index (χ0n) is 14.9. The molecular formula is C19H20N4O3S. The van der Waals surface area contributed by atoms with Crippen molar-refractivity contribution in [1.29, 1.82) is 0 Å². The summed E-state index contributed by atoms with van der Waals surface area (Å²) < 4.78 is 6.50. The van der Waals surface area contributed by atoms with Gasteiger partial charge < -0.3 is 15.0 Å². The van der Waals surface area contributed by atoms with Gasteiger partial charge in [-0.15, -0.1) is 0 Å². The van der Waals surface area contributed by atoms with Crippen molar-refractivity contribution in [2.24, 2.45) is 0 Å². The van der Waals surface area contributed by atoms with E-state index < -0.39 is 6.03 Å². The first-order valence-electron chi connectivity index (χ1n) is 8.84. The van der Waals surface area contributed by atoms with Gasteiger partial charge in [-0.3, -0.25) is 4.79 Å². The number of amides is 1. The van der Waals surface area contributed by atoms with Crippen LogP contribution in [-0.4, -0.2) is 41.3 Å². The number of hydrogen-bond donors (Lipinski definition) is 1. The lowest BCUT2D eigenvalue weighted by atomic mass is 10.1. The topological polar surface area (TPSA) is 76.5 Å². The van der Waals surface area contributed by atoms with Crippen molar-refractivity contribution in [3.8, 4) is 0 Å². The van der Waals surface area contributed by atoms with Gasteiger partial charge in [0.15, 0.2) is 0 Å². The summed E-state index contributed by atoms with van der Waals surface area (Å²) in [5.74, 6) is 0. The van der Waals surface area contributed by atoms with Gasteiger partial charge in [-0.25, -0.2) is 9.78 Å². The van der Waals surface area contributed by atoms with Crippen LogP contribution in [0.15, 0.2) is 47.4 Å². The van der Waals surface area contributed by atoms with Gasteiger partial charge in [0.05, 0.1) is 24.6 Å². The molecule has 0 aliphatic carbocycles. The van der Waals surface area contributed by atoms with Gasteiger partial charge in [0, 0.05) is 25.0 Å². The predicted molar refractivity (Wildman–Crippen MR) is 106 cm³/mol. The lowest BCUT2D eigenvalue weighted by Crippen LogP contribution is -2.36. The average Bonchev–Trinajstić information content (AvgIpc) is 3.06. The molecule has 1 saturated heterocycles. The molecule has 0 radical (unpaired) electrons. The molecule has 3 heterocycles. The minimum atomic E-state index is -0.437. The van der Waals surface area contributed by atoms with Crippen molar-refractivity contribution in [2.75, 3.05) is 31.2 Å². The van der Waals surface area contributed by atoms with E-state index >= 15 is 0 Å². The van der Waals surface area contributed by atoms with Gasteiger partial charge in [-0.1, -0.05) is 12.1 Å². The quantitative estimate of drug-likeness (QED) is 0.751. The van der Waals surface area contributed by atoms with Crippen LogP contribution in [0.5, 0.6) is 0 Å². The van der Waals surface area contributed by atoms with E-state index in [1.165, 1.54) is 0 Å². The molecule has 4 rings (SSSR count). The van der Waals surface area contributed by atoms with E-state index in [2.05, 4.69) is 27.3 Å². The van der Waals surface area contributed by atoms with Crippen LogP contribution in [0.4, 0.5) is 10.5 Å². The van der Waals surface area contributed by atoms with Crippen molar-refractivity contribution in [3.63, 3.8) is 0 Å². The normalized spacial score (nSPS) is 15.7. The number of aromatic nitrogens is 2. The standard InChI is InChI=1S/C19H20N4O3S/c1-13(14-4-6-15(7-5-14)22-9-11-26-12-10-22)21-19(25)23-18(24)16-3-2-8-20-17(16)27-23/h2-8,13H,9-12H2,1H3,(H,21,25). The van der Waals surface area contributed by atoms with E-state index in [0.29, 0.717) is 10.2 Å². The number of fused-ring (bicyclic) bond motifs is 1. The van der Waals surface area contributed by atoms with Gasteiger partial charge in [0.1, 0.15) is 4.83 Å². The lowest BCUT2D eigenvalue weighted by molar-refractivity contribution is 0.122. The molecule has 1 aromatic carbocycles. The molecule has 140 valence electrons. The van der Waals surface area contributed by atoms with E-state index in [9.17, 15) is 9.59 Å². The fourth-order valence-corrected chi connectivity index (χ4v) is 3.97. The molecule has 1 fully saturated rings. The molecule has 1 aliphatic heterocycles. The Kier molecular flexibility index (Phi) is 4.91. The number of benzene rings is 1. The molecule has 1 amide bonds. The van der Waals surface area contributed by atoms with Crippen LogP contribution in [0.1, 0.15) is 18.5 Å². The summed E-state index contributed by atoms with van der Waals surface area (Å²) in [7, 11) is 0. The second kappa shape index (κ2) is 7.50. The maximum atomic E-state index is 12.5. The number of anilines is 1. The monoisotopic (exact) mass is 384 g/mol. The minimum absolute atomic E-state index is 0.221. The number of pyridine rings is 1. The third-order valence-corrected chi connectivity index (χ3v) is 5.67. The second-order valence-corrected chi connectivity index (χ2v) is 7.34. The Morgan fingerprint density at radius 3 is 2.67 bits per heavy atom. The Balaban J connectivity index is 1.47. The summed E-state index contributed by atoms with van der Waals surface area (Å²) in [6.07, 6.45) is 1.61. The average molecular weight is 384 g/mol. The number of nitrogens with zero attached hydrogens (tertiary/aromatic N) is 3. The highest BCUT2D eigenvalue weighted by Gasteiger charge is 2.17. The number of carbonyl (C=O) groups excluding carboxylic acids is 1. The number of nitrogens with one attached hydrogen (secondary N) is 1. The third kappa shape index (κ3) is 3.58. The van der Waals surface area contributed by atoms with Crippen LogP contribution in [0.2, 0.25) is 0 Å². The summed E-state index contributed by atoms with van der Waals surface area (Å²) in [6, 6.07) is 10.8. The molecule has 0 spiro atoms. The molecule has 1 aliphatic rings. The van der Waals surface area contributed by atoms with E-state index in [1.54, 1.807) is 18.3 Å². The van der Waals surface area contributed by atoms with Crippen LogP contribution in [0.3, 0.4) is 0 Å². The number of carbonyl (C=O) groups is 1. The molecule has 1 N–H and O–H groups in total. The smallest absolute Gasteiger partial charge is 0.338 e. The van der Waals surface area contributed by atoms with Gasteiger partial charge >= 0.3 is 6.03 Å². The molecule has 1 atom stereocenters. The Hall–Kier alpha value is -2.71. The van der Waals surface area contributed by atoms with Gasteiger partial charge in [0.25, 0.3) is 5.56 Å². The number of hydrogen-bond acceptors (Lipinski definition) is 6. The highest BCUT2D eigenvalue weighted by Crippen LogP contribution is 2.20. The maximum Gasteiger partial charge on any atom is 0.338 e. The molecule has 3 aromatic rings. The van der Waals surface area contributed by atoms with Crippen LogP contribution >= 0.6 is 11.5 Å². The number of rotatable bonds is 3. The largest absolute Gasteiger partial charge is 0.378 e. The van der Waals surface area contributed by atoms with Crippen LogP contribution in [0, 0.1) is 0 Å². The second-order valence-electron chi connectivity index (χ2n) is 6.41. The van der Waals surface area contributed by atoms with E-state index in [-0.39, 0.29) is 11.6 Å². The van der Waals surface area contributed by atoms with Crippen molar-refractivity contribution in [3.05, 3.63) is 58.5 Å². The van der Waals surface area contributed by atoms with Gasteiger partial charge in [-0.05, 0) is 48.3 Å². The molecule has 7 nitrogen and oxygen atoms in total. The molecule has 2 aromatic heterocycles. The first kappa shape index (κ1) is 17.7. The fourth-order valence-electron chi connectivity index (χ4n) is 3.12. The molecule has 27 heavy (non-hydrogen) atoms. The van der Waals surface area contributed by atoms with Crippen molar-refractivity contribution < 1.29 is 9.53 Å².